The Morgan fingerprint density at radius 1 is 1.20 bits per heavy atom. The third kappa shape index (κ3) is 2.46. The Morgan fingerprint density at radius 2 is 2.00 bits per heavy atom. The van der Waals surface area contributed by atoms with Gasteiger partial charge in [-0.15, -0.1) is 0 Å². The lowest BCUT2D eigenvalue weighted by molar-refractivity contribution is -0.385. The van der Waals surface area contributed by atoms with Gasteiger partial charge in [0.2, 0.25) is 0 Å². The fraction of sp³-hybridized carbons (Fsp3) is 0.211. The van der Waals surface area contributed by atoms with E-state index in [2.05, 4.69) is 17.5 Å². The van der Waals surface area contributed by atoms with Crippen LogP contribution in [0.1, 0.15) is 39.9 Å². The van der Waals surface area contributed by atoms with E-state index in [1.54, 1.807) is 30.3 Å². The number of rotatable bonds is 3. The molecule has 0 spiro atoms. The standard InChI is InChI=1S/C19H16N2O4/c22-19(23)11-8-9-16-15(10-11)12-5-3-6-13(12)18(20-16)14-4-1-2-7-17(14)21(24)25/h1-5,7-10,12-13,18,20H,6H2,(H,22,23). The second-order valence-electron chi connectivity index (χ2n) is 6.40. The van der Waals surface area contributed by atoms with E-state index >= 15 is 0 Å². The molecule has 3 atom stereocenters. The van der Waals surface area contributed by atoms with Crippen molar-refractivity contribution in [1.29, 1.82) is 0 Å². The second-order valence-corrected chi connectivity index (χ2v) is 6.40. The molecule has 1 aliphatic carbocycles. The number of hydrogen-bond donors (Lipinski definition) is 2. The van der Waals surface area contributed by atoms with Crippen molar-refractivity contribution in [2.45, 2.75) is 18.4 Å². The Morgan fingerprint density at radius 3 is 2.76 bits per heavy atom. The van der Waals surface area contributed by atoms with Crippen LogP contribution in [0.2, 0.25) is 0 Å². The lowest BCUT2D eigenvalue weighted by Gasteiger charge is -2.37. The van der Waals surface area contributed by atoms with E-state index in [1.165, 1.54) is 6.07 Å². The van der Waals surface area contributed by atoms with Crippen LogP contribution in [0.15, 0.2) is 54.6 Å². The number of aromatic carboxylic acids is 1. The first-order valence-corrected chi connectivity index (χ1v) is 8.10. The summed E-state index contributed by atoms with van der Waals surface area (Å²) in [6.45, 7) is 0. The second kappa shape index (κ2) is 5.73. The highest BCUT2D eigenvalue weighted by atomic mass is 16.6. The fourth-order valence-electron chi connectivity index (χ4n) is 3.95. The summed E-state index contributed by atoms with van der Waals surface area (Å²) in [5, 5.41) is 24.1. The molecule has 0 bridgehead atoms. The molecule has 0 fully saturated rings. The van der Waals surface area contributed by atoms with Crippen molar-refractivity contribution in [3.05, 3.63) is 81.4 Å². The molecule has 0 saturated heterocycles. The summed E-state index contributed by atoms with van der Waals surface area (Å²) in [4.78, 5) is 22.3. The van der Waals surface area contributed by atoms with Gasteiger partial charge >= 0.3 is 5.97 Å². The first-order chi connectivity index (χ1) is 12.1. The highest BCUT2D eigenvalue weighted by Gasteiger charge is 2.40. The molecule has 2 aromatic rings. The van der Waals surface area contributed by atoms with Crippen molar-refractivity contribution in [3.8, 4) is 0 Å². The van der Waals surface area contributed by atoms with Gasteiger partial charge in [-0.1, -0.05) is 30.4 Å². The van der Waals surface area contributed by atoms with Gasteiger partial charge in [0.15, 0.2) is 0 Å². The van der Waals surface area contributed by atoms with Crippen LogP contribution in [0, 0.1) is 16.0 Å². The van der Waals surface area contributed by atoms with Crippen molar-refractivity contribution in [2.24, 2.45) is 5.92 Å². The molecule has 0 saturated carbocycles. The zero-order valence-electron chi connectivity index (χ0n) is 13.3. The van der Waals surface area contributed by atoms with Gasteiger partial charge in [-0.2, -0.15) is 0 Å². The van der Waals surface area contributed by atoms with Crippen molar-refractivity contribution in [3.63, 3.8) is 0 Å². The number of nitrogens with one attached hydrogen (secondary N) is 1. The van der Waals surface area contributed by atoms with E-state index in [-0.39, 0.29) is 34.1 Å². The molecule has 4 rings (SSSR count). The summed E-state index contributed by atoms with van der Waals surface area (Å²) in [5.74, 6) is -0.778. The molecular weight excluding hydrogens is 320 g/mol. The molecule has 2 aromatic carbocycles. The van der Waals surface area contributed by atoms with E-state index < -0.39 is 5.97 Å². The van der Waals surface area contributed by atoms with Gasteiger partial charge < -0.3 is 10.4 Å². The van der Waals surface area contributed by atoms with Crippen molar-refractivity contribution < 1.29 is 14.8 Å². The largest absolute Gasteiger partial charge is 0.478 e. The predicted octanol–water partition coefficient (Wildman–Crippen LogP) is 4.12. The van der Waals surface area contributed by atoms with Crippen molar-refractivity contribution >= 4 is 17.3 Å². The lowest BCUT2D eigenvalue weighted by atomic mass is 9.76. The number of benzene rings is 2. The lowest BCUT2D eigenvalue weighted by Crippen LogP contribution is -2.29. The number of allylic oxidation sites excluding steroid dienone is 2. The topological polar surface area (TPSA) is 92.5 Å². The summed E-state index contributed by atoms with van der Waals surface area (Å²) < 4.78 is 0. The molecule has 0 aromatic heterocycles. The van der Waals surface area contributed by atoms with Gasteiger partial charge in [-0.3, -0.25) is 10.1 Å². The first kappa shape index (κ1) is 15.4. The molecule has 1 heterocycles. The third-order valence-electron chi connectivity index (χ3n) is 5.08. The van der Waals surface area contributed by atoms with Crippen LogP contribution in [0.3, 0.4) is 0 Å². The van der Waals surface area contributed by atoms with Crippen molar-refractivity contribution in [1.82, 2.24) is 0 Å². The van der Waals surface area contributed by atoms with Gasteiger partial charge in [0.25, 0.3) is 5.69 Å². The quantitative estimate of drug-likeness (QED) is 0.500. The van der Waals surface area contributed by atoms with Crippen molar-refractivity contribution in [2.75, 3.05) is 5.32 Å². The van der Waals surface area contributed by atoms with Gasteiger partial charge in [0.05, 0.1) is 22.1 Å². The smallest absolute Gasteiger partial charge is 0.335 e. The molecule has 0 radical (unpaired) electrons. The van der Waals surface area contributed by atoms with Gasteiger partial charge in [-0.25, -0.2) is 4.79 Å². The molecule has 126 valence electrons. The minimum Gasteiger partial charge on any atom is -0.478 e. The molecule has 3 unspecified atom stereocenters. The number of hydrogen-bond acceptors (Lipinski definition) is 4. The summed E-state index contributed by atoms with van der Waals surface area (Å²) >= 11 is 0. The molecule has 1 aliphatic heterocycles. The number of carboxylic acid groups (broad SMARTS) is 1. The number of carboxylic acids is 1. The molecule has 0 amide bonds. The maximum Gasteiger partial charge on any atom is 0.335 e. The maximum atomic E-state index is 11.4. The molecule has 2 N–H and O–H groups in total. The molecule has 2 aliphatic rings. The first-order valence-electron chi connectivity index (χ1n) is 8.10. The van der Waals surface area contributed by atoms with Crippen LogP contribution in [0.4, 0.5) is 11.4 Å². The Hall–Kier alpha value is -3.15. The average Bonchev–Trinajstić information content (AvgIpc) is 3.10. The van der Waals surface area contributed by atoms with Crippen LogP contribution in [-0.2, 0) is 0 Å². The minimum atomic E-state index is -0.956. The van der Waals surface area contributed by atoms with E-state index in [1.807, 2.05) is 6.07 Å². The van der Waals surface area contributed by atoms with Gasteiger partial charge in [0, 0.05) is 17.7 Å². The van der Waals surface area contributed by atoms with Crippen LogP contribution in [-0.4, -0.2) is 16.0 Å². The van der Waals surface area contributed by atoms with E-state index in [4.69, 9.17) is 0 Å². The Kier molecular flexibility index (Phi) is 3.53. The number of carbonyl (C=O) groups is 1. The average molecular weight is 336 g/mol. The monoisotopic (exact) mass is 336 g/mol. The Labute approximate surface area is 144 Å². The summed E-state index contributed by atoms with van der Waals surface area (Å²) in [6.07, 6.45) is 4.95. The SMILES string of the molecule is O=C(O)c1ccc2c(c1)C1C=CCC1C(c1ccccc1[N+](=O)[O-])N2. The number of fused-ring (bicyclic) bond motifs is 3. The summed E-state index contributed by atoms with van der Waals surface area (Å²) in [7, 11) is 0. The normalized spacial score (nSPS) is 23.4. The van der Waals surface area contributed by atoms with Gasteiger partial charge in [0.1, 0.15) is 0 Å². The number of nitro groups is 1. The highest BCUT2D eigenvalue weighted by molar-refractivity contribution is 5.89. The molecular formula is C19H16N2O4. The highest BCUT2D eigenvalue weighted by Crippen LogP contribution is 2.51. The maximum absolute atomic E-state index is 11.4. The Balaban J connectivity index is 1.81. The summed E-state index contributed by atoms with van der Waals surface area (Å²) in [6, 6.07) is 11.6. The minimum absolute atomic E-state index is 0.0559. The van der Waals surface area contributed by atoms with E-state index in [0.29, 0.717) is 5.56 Å². The molecule has 6 nitrogen and oxygen atoms in total. The zero-order chi connectivity index (χ0) is 17.6. The van der Waals surface area contributed by atoms with E-state index in [9.17, 15) is 20.0 Å². The van der Waals surface area contributed by atoms with Crippen LogP contribution < -0.4 is 5.32 Å². The molecule has 25 heavy (non-hydrogen) atoms. The number of anilines is 1. The number of nitro benzene ring substituents is 1. The van der Waals surface area contributed by atoms with Crippen LogP contribution in [0.5, 0.6) is 0 Å². The predicted molar refractivity (Wildman–Crippen MR) is 92.8 cm³/mol. The molecule has 6 heteroatoms. The fourth-order valence-corrected chi connectivity index (χ4v) is 3.95. The number of para-hydroxylation sites is 1. The Bertz CT molecular complexity index is 906. The van der Waals surface area contributed by atoms with Gasteiger partial charge in [-0.05, 0) is 36.1 Å². The summed E-state index contributed by atoms with van der Waals surface area (Å²) in [5.41, 5.74) is 2.80. The zero-order valence-corrected chi connectivity index (χ0v) is 13.3. The van der Waals surface area contributed by atoms with E-state index in [0.717, 1.165) is 17.7 Å². The van der Waals surface area contributed by atoms with Crippen LogP contribution >= 0.6 is 0 Å². The number of nitrogens with zero attached hydrogens (tertiary/aromatic N) is 1. The van der Waals surface area contributed by atoms with Crippen LogP contribution in [0.25, 0.3) is 0 Å². The third-order valence-corrected chi connectivity index (χ3v) is 5.08.